The van der Waals surface area contributed by atoms with E-state index in [1.165, 1.54) is 12.1 Å². The summed E-state index contributed by atoms with van der Waals surface area (Å²) in [5, 5.41) is 2.01. The maximum Gasteiger partial charge on any atom is 0.164 e. The molecule has 0 bridgehead atoms. The molecule has 0 saturated heterocycles. The summed E-state index contributed by atoms with van der Waals surface area (Å²) >= 11 is 12.8. The van der Waals surface area contributed by atoms with Crippen molar-refractivity contribution >= 4 is 34.2 Å². The third kappa shape index (κ3) is 4.64. The van der Waals surface area contributed by atoms with E-state index in [0.29, 0.717) is 32.9 Å². The van der Waals surface area contributed by atoms with E-state index >= 15 is 0 Å². The monoisotopic (exact) mass is 501 g/mol. The summed E-state index contributed by atoms with van der Waals surface area (Å²) in [6.07, 6.45) is 0. The normalized spacial score (nSPS) is 11.7. The first-order valence-electron chi connectivity index (χ1n) is 11.2. The Morgan fingerprint density at radius 1 is 0.686 bits per heavy atom. The van der Waals surface area contributed by atoms with Gasteiger partial charge in [0.2, 0.25) is 0 Å². The molecule has 0 fully saturated rings. The number of pyridine rings is 1. The Balaban J connectivity index is 1.89. The highest BCUT2D eigenvalue weighted by molar-refractivity contribution is 6.33. The minimum Gasteiger partial charge on any atom is -0.232 e. The van der Waals surface area contributed by atoms with E-state index < -0.39 is 0 Å². The van der Waals surface area contributed by atoms with Crippen molar-refractivity contribution in [3.05, 3.63) is 101 Å². The Kier molecular flexibility index (Phi) is 6.04. The Morgan fingerprint density at radius 3 is 2.00 bits per heavy atom. The maximum absolute atomic E-state index is 13.7. The zero-order valence-electron chi connectivity index (χ0n) is 19.5. The Bertz CT molecular complexity index is 1540. The fourth-order valence-corrected chi connectivity index (χ4v) is 4.28. The largest absolute Gasteiger partial charge is 0.232 e. The lowest BCUT2D eigenvalue weighted by Gasteiger charge is -2.20. The molecule has 174 valence electrons. The van der Waals surface area contributed by atoms with E-state index in [0.717, 1.165) is 27.6 Å². The van der Waals surface area contributed by atoms with Gasteiger partial charge >= 0.3 is 0 Å². The van der Waals surface area contributed by atoms with Crippen LogP contribution in [0.15, 0.2) is 78.9 Å². The summed E-state index contributed by atoms with van der Waals surface area (Å²) in [4.78, 5) is 14.8. The third-order valence-electron chi connectivity index (χ3n) is 5.76. The van der Waals surface area contributed by atoms with Crippen LogP contribution in [0.5, 0.6) is 0 Å². The molecule has 2 aromatic heterocycles. The molecule has 0 aliphatic heterocycles. The van der Waals surface area contributed by atoms with Gasteiger partial charge in [-0.2, -0.15) is 0 Å². The average molecular weight is 502 g/mol. The standard InChI is InChI=1S/C29H22Cl2FN3/c1-29(2,3)28-34-25(18-10-14-20(32)15-11-18)23-16-22(17-8-12-19(30)13-9-17)26(33-27(23)35-28)21-6-4-5-7-24(21)31/h4-16H,1-3H3. The topological polar surface area (TPSA) is 38.7 Å². The van der Waals surface area contributed by atoms with Gasteiger partial charge in [0.25, 0.3) is 0 Å². The van der Waals surface area contributed by atoms with Crippen molar-refractivity contribution in [2.75, 3.05) is 0 Å². The second kappa shape index (κ2) is 9.03. The molecule has 3 nitrogen and oxygen atoms in total. The summed E-state index contributed by atoms with van der Waals surface area (Å²) < 4.78 is 13.7. The predicted octanol–water partition coefficient (Wildman–Crippen LogP) is 8.77. The quantitative estimate of drug-likeness (QED) is 0.248. The van der Waals surface area contributed by atoms with E-state index in [2.05, 4.69) is 20.8 Å². The fraction of sp³-hybridized carbons (Fsp3) is 0.138. The minimum absolute atomic E-state index is 0.302. The number of aromatic nitrogens is 3. The lowest BCUT2D eigenvalue weighted by Crippen LogP contribution is -2.17. The van der Waals surface area contributed by atoms with Gasteiger partial charge in [-0.25, -0.2) is 19.3 Å². The molecule has 2 heterocycles. The molecule has 0 aliphatic rings. The van der Waals surface area contributed by atoms with Gasteiger partial charge in [0, 0.05) is 37.5 Å². The van der Waals surface area contributed by atoms with Crippen molar-refractivity contribution in [1.29, 1.82) is 0 Å². The molecular formula is C29H22Cl2FN3. The van der Waals surface area contributed by atoms with E-state index in [1.54, 1.807) is 12.1 Å². The first-order chi connectivity index (χ1) is 16.7. The van der Waals surface area contributed by atoms with Crippen LogP contribution in [-0.2, 0) is 5.41 Å². The van der Waals surface area contributed by atoms with Gasteiger partial charge in [0.15, 0.2) is 5.65 Å². The van der Waals surface area contributed by atoms with Gasteiger partial charge in [-0.3, -0.25) is 0 Å². The van der Waals surface area contributed by atoms with Crippen LogP contribution in [0.4, 0.5) is 4.39 Å². The van der Waals surface area contributed by atoms with Crippen LogP contribution >= 0.6 is 23.2 Å². The van der Waals surface area contributed by atoms with Crippen molar-refractivity contribution in [3.63, 3.8) is 0 Å². The summed E-state index contributed by atoms with van der Waals surface area (Å²) in [7, 11) is 0. The molecule has 0 amide bonds. The molecule has 3 aromatic carbocycles. The maximum atomic E-state index is 13.7. The molecule has 0 N–H and O–H groups in total. The van der Waals surface area contributed by atoms with Crippen molar-refractivity contribution in [2.45, 2.75) is 26.2 Å². The number of nitrogens with zero attached hydrogens (tertiary/aromatic N) is 3. The molecule has 0 spiro atoms. The highest BCUT2D eigenvalue weighted by Crippen LogP contribution is 2.39. The van der Waals surface area contributed by atoms with Gasteiger partial charge in [-0.15, -0.1) is 0 Å². The molecule has 5 aromatic rings. The Morgan fingerprint density at radius 2 is 1.34 bits per heavy atom. The summed E-state index contributed by atoms with van der Waals surface area (Å²) in [5.74, 6) is 0.352. The first-order valence-corrected chi connectivity index (χ1v) is 12.0. The predicted molar refractivity (Wildman–Crippen MR) is 142 cm³/mol. The number of hydrogen-bond donors (Lipinski definition) is 0. The molecule has 6 heteroatoms. The summed E-state index contributed by atoms with van der Waals surface area (Å²) in [5.41, 5.74) is 5.06. The van der Waals surface area contributed by atoms with Crippen LogP contribution in [0.2, 0.25) is 10.0 Å². The summed E-state index contributed by atoms with van der Waals surface area (Å²) in [6, 6.07) is 23.6. The van der Waals surface area contributed by atoms with E-state index in [-0.39, 0.29) is 11.2 Å². The second-order valence-corrected chi connectivity index (χ2v) is 10.2. The van der Waals surface area contributed by atoms with Crippen LogP contribution in [0.25, 0.3) is 44.7 Å². The van der Waals surface area contributed by atoms with Crippen molar-refractivity contribution in [1.82, 2.24) is 15.0 Å². The fourth-order valence-electron chi connectivity index (χ4n) is 3.93. The molecule has 5 rings (SSSR count). The molecular weight excluding hydrogens is 480 g/mol. The second-order valence-electron chi connectivity index (χ2n) is 9.40. The number of fused-ring (bicyclic) bond motifs is 1. The SMILES string of the molecule is CC(C)(C)c1nc(-c2ccc(F)cc2)c2cc(-c3ccc(Cl)cc3)c(-c3ccccc3Cl)nc2n1. The molecule has 35 heavy (non-hydrogen) atoms. The number of hydrogen-bond acceptors (Lipinski definition) is 3. The average Bonchev–Trinajstić information content (AvgIpc) is 2.83. The van der Waals surface area contributed by atoms with Crippen LogP contribution in [0.1, 0.15) is 26.6 Å². The van der Waals surface area contributed by atoms with Crippen molar-refractivity contribution in [2.24, 2.45) is 0 Å². The van der Waals surface area contributed by atoms with E-state index in [9.17, 15) is 4.39 Å². The number of benzene rings is 3. The minimum atomic E-state index is -0.315. The van der Waals surface area contributed by atoms with Crippen molar-refractivity contribution < 1.29 is 4.39 Å². The lowest BCUT2D eigenvalue weighted by atomic mass is 9.94. The van der Waals surface area contributed by atoms with Crippen LogP contribution in [-0.4, -0.2) is 15.0 Å². The molecule has 0 aliphatic carbocycles. The Labute approximate surface area is 213 Å². The zero-order chi connectivity index (χ0) is 24.7. The zero-order valence-corrected chi connectivity index (χ0v) is 21.0. The van der Waals surface area contributed by atoms with Gasteiger partial charge in [-0.05, 0) is 54.1 Å². The van der Waals surface area contributed by atoms with E-state index in [4.69, 9.17) is 38.2 Å². The van der Waals surface area contributed by atoms with Crippen LogP contribution in [0.3, 0.4) is 0 Å². The summed E-state index contributed by atoms with van der Waals surface area (Å²) in [6.45, 7) is 6.17. The molecule has 0 unspecified atom stereocenters. The highest BCUT2D eigenvalue weighted by Gasteiger charge is 2.23. The van der Waals surface area contributed by atoms with Crippen molar-refractivity contribution in [3.8, 4) is 33.6 Å². The van der Waals surface area contributed by atoms with Gasteiger partial charge in [0.05, 0.1) is 11.4 Å². The smallest absolute Gasteiger partial charge is 0.164 e. The van der Waals surface area contributed by atoms with Gasteiger partial charge < -0.3 is 0 Å². The number of rotatable bonds is 3. The highest BCUT2D eigenvalue weighted by atomic mass is 35.5. The Hall–Kier alpha value is -3.34. The van der Waals surface area contributed by atoms with Gasteiger partial charge in [-0.1, -0.05) is 74.3 Å². The molecule has 0 atom stereocenters. The van der Waals surface area contributed by atoms with E-state index in [1.807, 2.05) is 54.6 Å². The first kappa shape index (κ1) is 23.4. The van der Waals surface area contributed by atoms with Gasteiger partial charge in [0.1, 0.15) is 11.6 Å². The molecule has 0 saturated carbocycles. The number of halogens is 3. The lowest BCUT2D eigenvalue weighted by molar-refractivity contribution is 0.548. The molecule has 0 radical (unpaired) electrons. The van der Waals surface area contributed by atoms with Crippen LogP contribution in [0, 0.1) is 5.82 Å². The third-order valence-corrected chi connectivity index (χ3v) is 6.34. The van der Waals surface area contributed by atoms with Crippen LogP contribution < -0.4 is 0 Å².